The highest BCUT2D eigenvalue weighted by molar-refractivity contribution is 5.93. The number of carboxylic acids is 1. The summed E-state index contributed by atoms with van der Waals surface area (Å²) in [6, 6.07) is 17.7. The third-order valence-electron chi connectivity index (χ3n) is 5.19. The van der Waals surface area contributed by atoms with Gasteiger partial charge >= 0.3 is 5.97 Å². The molecule has 3 aromatic carbocycles. The van der Waals surface area contributed by atoms with Crippen LogP contribution in [0.2, 0.25) is 0 Å². The Balaban J connectivity index is 1.48. The molecular weight excluding hydrogens is 434 g/mol. The van der Waals surface area contributed by atoms with Crippen LogP contribution in [0.3, 0.4) is 0 Å². The Kier molecular flexibility index (Phi) is 6.77. The molecule has 0 radical (unpaired) electrons. The second-order valence-electron chi connectivity index (χ2n) is 8.00. The summed E-state index contributed by atoms with van der Waals surface area (Å²) in [4.78, 5) is 23.4. The SMILES string of the molecule is CCCCOc1ccc(N2Oc3ccc(/C=C(\Cc4cc(N)cc(N)c4)C(=O)O)cc3O2)cc1. The summed E-state index contributed by atoms with van der Waals surface area (Å²) in [5, 5.41) is 11.0. The van der Waals surface area contributed by atoms with Crippen molar-refractivity contribution in [2.24, 2.45) is 0 Å². The van der Waals surface area contributed by atoms with Crippen LogP contribution in [0.4, 0.5) is 17.1 Å². The Morgan fingerprint density at radius 2 is 1.71 bits per heavy atom. The number of rotatable bonds is 9. The molecule has 0 aromatic heterocycles. The van der Waals surface area contributed by atoms with E-state index in [-0.39, 0.29) is 12.0 Å². The van der Waals surface area contributed by atoms with E-state index in [2.05, 4.69) is 6.92 Å². The highest BCUT2D eigenvalue weighted by Gasteiger charge is 2.24. The van der Waals surface area contributed by atoms with Crippen molar-refractivity contribution in [1.29, 1.82) is 0 Å². The molecule has 0 saturated heterocycles. The molecule has 4 rings (SSSR count). The molecule has 0 bridgehead atoms. The van der Waals surface area contributed by atoms with E-state index in [0.717, 1.165) is 24.2 Å². The number of benzene rings is 3. The van der Waals surface area contributed by atoms with Crippen LogP contribution in [-0.2, 0) is 11.2 Å². The highest BCUT2D eigenvalue weighted by atomic mass is 17.0. The van der Waals surface area contributed by atoms with Gasteiger partial charge in [0, 0.05) is 23.4 Å². The molecule has 0 atom stereocenters. The van der Waals surface area contributed by atoms with E-state index in [1.165, 1.54) is 5.23 Å². The maximum atomic E-state index is 11.9. The molecule has 5 N–H and O–H groups in total. The van der Waals surface area contributed by atoms with Crippen molar-refractivity contribution < 1.29 is 24.3 Å². The predicted octanol–water partition coefficient (Wildman–Crippen LogP) is 4.85. The number of anilines is 3. The molecule has 8 heteroatoms. The fourth-order valence-corrected chi connectivity index (χ4v) is 3.52. The van der Waals surface area contributed by atoms with E-state index in [0.29, 0.717) is 40.7 Å². The van der Waals surface area contributed by atoms with Crippen LogP contribution in [0.5, 0.6) is 17.2 Å². The van der Waals surface area contributed by atoms with Gasteiger partial charge in [0.1, 0.15) is 11.4 Å². The molecule has 0 aliphatic carbocycles. The van der Waals surface area contributed by atoms with Crippen molar-refractivity contribution in [2.45, 2.75) is 26.2 Å². The Hall–Kier alpha value is -4.33. The number of aliphatic carboxylic acids is 1. The van der Waals surface area contributed by atoms with Crippen LogP contribution in [0.25, 0.3) is 6.08 Å². The van der Waals surface area contributed by atoms with Crippen molar-refractivity contribution in [3.63, 3.8) is 0 Å². The number of nitrogen functional groups attached to an aromatic ring is 2. The number of carbonyl (C=O) groups is 1. The van der Waals surface area contributed by atoms with Gasteiger partial charge in [-0.05, 0) is 83.4 Å². The van der Waals surface area contributed by atoms with Gasteiger partial charge in [0.25, 0.3) is 0 Å². The molecule has 8 nitrogen and oxygen atoms in total. The third kappa shape index (κ3) is 5.53. The van der Waals surface area contributed by atoms with Gasteiger partial charge < -0.3 is 31.0 Å². The number of unbranched alkanes of at least 4 members (excludes halogenated alkanes) is 1. The van der Waals surface area contributed by atoms with Gasteiger partial charge in [0.2, 0.25) is 11.5 Å². The van der Waals surface area contributed by atoms with Crippen molar-refractivity contribution in [3.05, 3.63) is 77.4 Å². The molecule has 34 heavy (non-hydrogen) atoms. The molecule has 0 fully saturated rings. The van der Waals surface area contributed by atoms with Gasteiger partial charge in [-0.2, -0.15) is 0 Å². The fraction of sp³-hybridized carbons (Fsp3) is 0.192. The molecule has 0 amide bonds. The number of nitrogens with two attached hydrogens (primary N) is 2. The zero-order chi connectivity index (χ0) is 24.1. The van der Waals surface area contributed by atoms with Crippen LogP contribution in [0, 0.1) is 0 Å². The number of hydrogen-bond donors (Lipinski definition) is 3. The van der Waals surface area contributed by atoms with E-state index < -0.39 is 5.97 Å². The normalized spacial score (nSPS) is 12.6. The molecule has 1 heterocycles. The van der Waals surface area contributed by atoms with E-state index in [1.807, 2.05) is 24.3 Å². The fourth-order valence-electron chi connectivity index (χ4n) is 3.52. The lowest BCUT2D eigenvalue weighted by atomic mass is 10.0. The van der Waals surface area contributed by atoms with Crippen LogP contribution in [-0.4, -0.2) is 17.7 Å². The van der Waals surface area contributed by atoms with Gasteiger partial charge in [0.05, 0.1) is 6.61 Å². The lowest BCUT2D eigenvalue weighted by Crippen LogP contribution is -2.25. The summed E-state index contributed by atoms with van der Waals surface area (Å²) in [6.45, 7) is 2.79. The van der Waals surface area contributed by atoms with E-state index >= 15 is 0 Å². The van der Waals surface area contributed by atoms with E-state index in [1.54, 1.807) is 42.5 Å². The first-order valence-corrected chi connectivity index (χ1v) is 11.0. The van der Waals surface area contributed by atoms with Gasteiger partial charge in [-0.15, -0.1) is 0 Å². The zero-order valence-corrected chi connectivity index (χ0v) is 18.9. The molecule has 0 unspecified atom stereocenters. The molecule has 176 valence electrons. The first kappa shape index (κ1) is 22.8. The second kappa shape index (κ2) is 10.1. The summed E-state index contributed by atoms with van der Waals surface area (Å²) < 4.78 is 5.68. The lowest BCUT2D eigenvalue weighted by Gasteiger charge is -2.14. The lowest BCUT2D eigenvalue weighted by molar-refractivity contribution is -0.132. The molecule has 1 aliphatic rings. The Morgan fingerprint density at radius 3 is 2.38 bits per heavy atom. The van der Waals surface area contributed by atoms with Crippen molar-refractivity contribution in [2.75, 3.05) is 23.3 Å². The Bertz CT molecular complexity index is 1190. The quantitative estimate of drug-likeness (QED) is 0.235. The van der Waals surface area contributed by atoms with Crippen molar-refractivity contribution >= 4 is 29.1 Å². The largest absolute Gasteiger partial charge is 0.494 e. The first-order chi connectivity index (χ1) is 16.4. The van der Waals surface area contributed by atoms with Crippen LogP contribution in [0.1, 0.15) is 30.9 Å². The van der Waals surface area contributed by atoms with Crippen molar-refractivity contribution in [3.8, 4) is 17.2 Å². The van der Waals surface area contributed by atoms with Crippen molar-refractivity contribution in [1.82, 2.24) is 0 Å². The van der Waals surface area contributed by atoms with Crippen LogP contribution in [0.15, 0.2) is 66.2 Å². The number of fused-ring (bicyclic) bond motifs is 1. The molecule has 3 aromatic rings. The van der Waals surface area contributed by atoms with Gasteiger partial charge in [-0.25, -0.2) is 4.79 Å². The smallest absolute Gasteiger partial charge is 0.331 e. The summed E-state index contributed by atoms with van der Waals surface area (Å²) in [5.74, 6) is 0.766. The van der Waals surface area contributed by atoms with E-state index in [9.17, 15) is 9.90 Å². The summed E-state index contributed by atoms with van der Waals surface area (Å²) in [7, 11) is 0. The second-order valence-corrected chi connectivity index (χ2v) is 8.00. The summed E-state index contributed by atoms with van der Waals surface area (Å²) >= 11 is 0. The van der Waals surface area contributed by atoms with Crippen LogP contribution >= 0.6 is 0 Å². The summed E-state index contributed by atoms with van der Waals surface area (Å²) in [6.07, 6.45) is 3.85. The average Bonchev–Trinajstić information content (AvgIpc) is 3.22. The third-order valence-corrected chi connectivity index (χ3v) is 5.19. The van der Waals surface area contributed by atoms with Crippen LogP contribution < -0.4 is 31.1 Å². The number of hydrogen-bond acceptors (Lipinski definition) is 7. The molecule has 0 saturated carbocycles. The minimum absolute atomic E-state index is 0.178. The maximum absolute atomic E-state index is 11.9. The average molecular weight is 462 g/mol. The maximum Gasteiger partial charge on any atom is 0.331 e. The minimum atomic E-state index is -1.03. The zero-order valence-electron chi connectivity index (χ0n) is 18.9. The predicted molar refractivity (Wildman–Crippen MR) is 132 cm³/mol. The topological polar surface area (TPSA) is 120 Å². The van der Waals surface area contributed by atoms with Gasteiger partial charge in [0.15, 0.2) is 0 Å². The first-order valence-electron chi connectivity index (χ1n) is 11.0. The number of nitrogens with zero attached hydrogens (tertiary/aromatic N) is 1. The van der Waals surface area contributed by atoms with Gasteiger partial charge in [-0.3, -0.25) is 0 Å². The number of ether oxygens (including phenoxy) is 1. The van der Waals surface area contributed by atoms with E-state index in [4.69, 9.17) is 25.9 Å². The molecule has 0 spiro atoms. The van der Waals surface area contributed by atoms with Gasteiger partial charge in [-0.1, -0.05) is 19.4 Å². The Morgan fingerprint density at radius 1 is 1.00 bits per heavy atom. The standard InChI is InChI=1S/C26H27N3O5/c1-2-3-10-32-23-7-5-22(6-8-23)29-33-24-9-4-17(15-25(24)34-29)11-19(26(30)31)12-18-13-20(27)16-21(28)14-18/h4-9,11,13-16H,2-3,10,12,27-28H2,1H3,(H,30,31)/b19-11+. The highest BCUT2D eigenvalue weighted by Crippen LogP contribution is 2.37. The molecular formula is C26H27N3O5. The monoisotopic (exact) mass is 461 g/mol. The molecule has 1 aliphatic heterocycles. The Labute approximate surface area is 197 Å². The minimum Gasteiger partial charge on any atom is -0.494 e. The number of carboxylic acid groups (broad SMARTS) is 1. The summed E-state index contributed by atoms with van der Waals surface area (Å²) in [5.41, 5.74) is 14.9.